The monoisotopic (exact) mass is 173 g/mol. The van der Waals surface area contributed by atoms with Crippen LogP contribution in [0.5, 0.6) is 0 Å². The van der Waals surface area contributed by atoms with E-state index < -0.39 is 5.68 Å². The smallest absolute Gasteiger partial charge is 0.401 e. The molecule has 0 saturated heterocycles. The third-order valence-corrected chi connectivity index (χ3v) is 1.27. The molecule has 0 aromatic heterocycles. The highest BCUT2D eigenvalue weighted by molar-refractivity contribution is 7.35. The molecular weight excluding hydrogens is 168 g/mol. The van der Waals surface area contributed by atoms with Crippen LogP contribution in [-0.2, 0) is 0 Å². The number of halogens is 2. The van der Waals surface area contributed by atoms with Crippen LogP contribution < -0.4 is 5.23 Å². The van der Waals surface area contributed by atoms with Gasteiger partial charge in [0.15, 0.2) is 0 Å². The van der Waals surface area contributed by atoms with Crippen molar-refractivity contribution in [3.63, 3.8) is 0 Å². The predicted molar refractivity (Wildman–Crippen MR) is 47.5 cm³/mol. The number of hydrogen-bond donors (Lipinski definition) is 1. The van der Waals surface area contributed by atoms with Crippen molar-refractivity contribution in [2.75, 3.05) is 5.23 Å². The van der Waals surface area contributed by atoms with E-state index >= 15 is 0 Å². The standard InChI is InChI=1S/C6H6BCl2N/c8-7(9)10-6-4-2-1-3-5-6/h1-5,10H. The van der Waals surface area contributed by atoms with Gasteiger partial charge in [-0.2, -0.15) is 0 Å². The summed E-state index contributed by atoms with van der Waals surface area (Å²) in [4.78, 5) is 0. The molecule has 0 aliphatic rings. The highest BCUT2D eigenvalue weighted by Crippen LogP contribution is 2.08. The molecule has 0 bridgehead atoms. The third kappa shape index (κ3) is 2.50. The summed E-state index contributed by atoms with van der Waals surface area (Å²) in [5.74, 6) is 0. The largest absolute Gasteiger partial charge is 0.464 e. The summed E-state index contributed by atoms with van der Waals surface area (Å²) < 4.78 is 0. The molecule has 0 atom stereocenters. The topological polar surface area (TPSA) is 12.0 Å². The number of benzene rings is 1. The first-order valence-corrected chi connectivity index (χ1v) is 3.76. The van der Waals surface area contributed by atoms with Gasteiger partial charge in [-0.25, -0.2) is 0 Å². The fourth-order valence-electron chi connectivity index (χ4n) is 0.660. The van der Waals surface area contributed by atoms with E-state index in [1.165, 1.54) is 0 Å². The van der Waals surface area contributed by atoms with Gasteiger partial charge in [-0.3, -0.25) is 0 Å². The lowest BCUT2D eigenvalue weighted by atomic mass is 10.2. The van der Waals surface area contributed by atoms with Gasteiger partial charge in [0.1, 0.15) is 0 Å². The molecule has 0 fully saturated rings. The van der Waals surface area contributed by atoms with Gasteiger partial charge in [0.05, 0.1) is 0 Å². The molecule has 0 heterocycles. The second-order valence-corrected chi connectivity index (χ2v) is 2.91. The molecule has 4 heteroatoms. The van der Waals surface area contributed by atoms with Crippen LogP contribution in [0.25, 0.3) is 0 Å². The first-order chi connectivity index (χ1) is 4.79. The van der Waals surface area contributed by atoms with Gasteiger partial charge in [-0.1, -0.05) is 18.2 Å². The Morgan fingerprint density at radius 1 is 1.10 bits per heavy atom. The summed E-state index contributed by atoms with van der Waals surface area (Å²) >= 11 is 10.9. The van der Waals surface area contributed by atoms with Crippen LogP contribution in [0.3, 0.4) is 0 Å². The van der Waals surface area contributed by atoms with Gasteiger partial charge in [0.25, 0.3) is 0 Å². The van der Waals surface area contributed by atoms with Crippen LogP contribution in [0.2, 0.25) is 0 Å². The van der Waals surface area contributed by atoms with Crippen LogP contribution in [0, 0.1) is 0 Å². The Morgan fingerprint density at radius 3 is 2.20 bits per heavy atom. The van der Waals surface area contributed by atoms with Crippen LogP contribution >= 0.6 is 22.9 Å². The molecule has 1 aromatic carbocycles. The zero-order chi connectivity index (χ0) is 7.40. The molecule has 52 valence electrons. The number of hydrogen-bond acceptors (Lipinski definition) is 1. The van der Waals surface area contributed by atoms with Crippen molar-refractivity contribution in [3.8, 4) is 0 Å². The Bertz CT molecular complexity index is 190. The van der Waals surface area contributed by atoms with E-state index in [1.54, 1.807) is 0 Å². The van der Waals surface area contributed by atoms with Crippen molar-refractivity contribution in [1.82, 2.24) is 0 Å². The molecule has 0 radical (unpaired) electrons. The minimum Gasteiger partial charge on any atom is -0.401 e. The minimum atomic E-state index is -0.539. The molecule has 0 aliphatic heterocycles. The summed E-state index contributed by atoms with van der Waals surface area (Å²) in [6.07, 6.45) is 0. The third-order valence-electron chi connectivity index (χ3n) is 1.05. The molecule has 0 spiro atoms. The van der Waals surface area contributed by atoms with Gasteiger partial charge in [-0.05, 0) is 12.1 Å². The van der Waals surface area contributed by atoms with Gasteiger partial charge < -0.3 is 5.23 Å². The number of anilines is 1. The number of nitrogens with one attached hydrogen (secondary N) is 1. The van der Waals surface area contributed by atoms with E-state index in [9.17, 15) is 0 Å². The summed E-state index contributed by atoms with van der Waals surface area (Å²) in [7, 11) is 0. The lowest BCUT2D eigenvalue weighted by Crippen LogP contribution is -2.08. The summed E-state index contributed by atoms with van der Waals surface area (Å²) in [5, 5.41) is 2.84. The molecule has 0 amide bonds. The van der Waals surface area contributed by atoms with Crippen LogP contribution in [0.1, 0.15) is 0 Å². The Morgan fingerprint density at radius 2 is 1.70 bits per heavy atom. The van der Waals surface area contributed by atoms with Crippen molar-refractivity contribution in [1.29, 1.82) is 0 Å². The molecule has 1 N–H and O–H groups in total. The predicted octanol–water partition coefficient (Wildman–Crippen LogP) is 2.56. The summed E-state index contributed by atoms with van der Waals surface area (Å²) in [6.45, 7) is 0. The summed E-state index contributed by atoms with van der Waals surface area (Å²) in [5.41, 5.74) is 0.389. The SMILES string of the molecule is ClB(Cl)Nc1ccccc1. The fourth-order valence-corrected chi connectivity index (χ4v) is 0.912. The van der Waals surface area contributed by atoms with Crippen molar-refractivity contribution < 1.29 is 0 Å². The average molecular weight is 174 g/mol. The van der Waals surface area contributed by atoms with Crippen molar-refractivity contribution in [2.45, 2.75) is 0 Å². The van der Waals surface area contributed by atoms with E-state index in [2.05, 4.69) is 5.23 Å². The highest BCUT2D eigenvalue weighted by Gasteiger charge is 2.03. The van der Waals surface area contributed by atoms with Gasteiger partial charge >= 0.3 is 5.68 Å². The second kappa shape index (κ2) is 3.74. The maximum atomic E-state index is 5.47. The fraction of sp³-hybridized carbons (Fsp3) is 0. The van der Waals surface area contributed by atoms with E-state index in [-0.39, 0.29) is 0 Å². The molecule has 0 unspecified atom stereocenters. The molecule has 10 heavy (non-hydrogen) atoms. The van der Waals surface area contributed by atoms with Crippen LogP contribution in [0.15, 0.2) is 30.3 Å². The Labute approximate surface area is 70.3 Å². The molecule has 0 saturated carbocycles. The van der Waals surface area contributed by atoms with Crippen molar-refractivity contribution >= 4 is 34.3 Å². The summed E-state index contributed by atoms with van der Waals surface area (Å²) in [6, 6.07) is 9.56. The van der Waals surface area contributed by atoms with Crippen molar-refractivity contribution in [2.24, 2.45) is 0 Å². The molecular formula is C6H6BCl2N. The molecule has 1 rings (SSSR count). The minimum absolute atomic E-state index is 0.539. The Kier molecular flexibility index (Phi) is 2.91. The van der Waals surface area contributed by atoms with E-state index in [4.69, 9.17) is 22.9 Å². The van der Waals surface area contributed by atoms with Crippen LogP contribution in [-0.4, -0.2) is 5.68 Å². The zero-order valence-corrected chi connectivity index (χ0v) is 6.73. The van der Waals surface area contributed by atoms with Gasteiger partial charge in [-0.15, -0.1) is 22.9 Å². The Balaban J connectivity index is 2.59. The van der Waals surface area contributed by atoms with E-state index in [1.807, 2.05) is 30.3 Å². The van der Waals surface area contributed by atoms with Gasteiger partial charge in [0.2, 0.25) is 0 Å². The molecule has 1 nitrogen and oxygen atoms in total. The molecule has 0 aliphatic carbocycles. The lowest BCUT2D eigenvalue weighted by Gasteiger charge is -2.01. The quantitative estimate of drug-likeness (QED) is 0.679. The normalized spacial score (nSPS) is 9.00. The first kappa shape index (κ1) is 7.77. The Hall–Kier alpha value is -0.335. The second-order valence-electron chi connectivity index (χ2n) is 1.81. The number of para-hydroxylation sites is 1. The van der Waals surface area contributed by atoms with E-state index in [0.717, 1.165) is 5.69 Å². The first-order valence-electron chi connectivity index (χ1n) is 2.89. The molecule has 1 aromatic rings. The average Bonchev–Trinajstić information content (AvgIpc) is 1.88. The van der Waals surface area contributed by atoms with Crippen molar-refractivity contribution in [3.05, 3.63) is 30.3 Å². The number of rotatable bonds is 2. The lowest BCUT2D eigenvalue weighted by molar-refractivity contribution is 1.67. The highest BCUT2D eigenvalue weighted by atomic mass is 35.5. The maximum Gasteiger partial charge on any atom is 0.464 e. The van der Waals surface area contributed by atoms with Crippen LogP contribution in [0.4, 0.5) is 5.69 Å². The van der Waals surface area contributed by atoms with Gasteiger partial charge in [0, 0.05) is 5.69 Å². The zero-order valence-electron chi connectivity index (χ0n) is 5.22. The van der Waals surface area contributed by atoms with E-state index in [0.29, 0.717) is 0 Å². The maximum absolute atomic E-state index is 5.47.